The molecule has 0 saturated carbocycles. The molecule has 170 valence electrons. The Morgan fingerprint density at radius 3 is 1.30 bits per heavy atom. The van der Waals surface area contributed by atoms with Crippen LogP contribution < -0.4 is 5.11 Å². The van der Waals surface area contributed by atoms with Crippen molar-refractivity contribution >= 4 is 17.1 Å². The van der Waals surface area contributed by atoms with Crippen LogP contribution in [0.25, 0.3) is 0 Å². The van der Waals surface area contributed by atoms with Gasteiger partial charge in [0.15, 0.2) is 0 Å². The van der Waals surface area contributed by atoms with Gasteiger partial charge in [0, 0.05) is 0 Å². The topological polar surface area (TPSA) is 152 Å². The summed E-state index contributed by atoms with van der Waals surface area (Å²) in [6.07, 6.45) is 8.20. The van der Waals surface area contributed by atoms with E-state index in [4.69, 9.17) is 0 Å². The minimum absolute atomic E-state index is 0.384. The van der Waals surface area contributed by atoms with Gasteiger partial charge >= 0.3 is 0 Å². The molecule has 0 heterocycles. The third-order valence-corrected chi connectivity index (χ3v) is 4.79. The normalized spacial score (nSPS) is 10.8. The second-order valence-corrected chi connectivity index (χ2v) is 7.44. The molecule has 0 aliphatic rings. The molecule has 0 aromatic heterocycles. The first kappa shape index (κ1) is 27.2. The fourth-order valence-corrected chi connectivity index (χ4v) is 2.92. The van der Waals surface area contributed by atoms with Crippen LogP contribution in [0.5, 0.6) is 5.75 Å². The van der Waals surface area contributed by atoms with E-state index in [-0.39, 0.29) is 0 Å². The highest BCUT2D eigenvalue weighted by atomic mass is 16.6. The summed E-state index contributed by atoms with van der Waals surface area (Å²) < 4.78 is 1.32. The standard InChI is InChI=1S/C13H30N.C6H3N3O7/c1-5-8-11-14(4,12-9-6-2)13-10-7-3;10-6-4(8(13)14)1-3(7(11)12)2-5(6)9(15)16/h5-13H2,1-4H3;1-2,10H/q+1;/p-1. The maximum atomic E-state index is 11.1. The summed E-state index contributed by atoms with van der Waals surface area (Å²) in [5, 5.41) is 42.1. The van der Waals surface area contributed by atoms with Gasteiger partial charge in [0.2, 0.25) is 0 Å². The summed E-state index contributed by atoms with van der Waals surface area (Å²) in [5.74, 6) is -1.46. The molecule has 0 spiro atoms. The Hall–Kier alpha value is -2.82. The van der Waals surface area contributed by atoms with Crippen LogP contribution >= 0.6 is 0 Å². The van der Waals surface area contributed by atoms with Crippen molar-refractivity contribution < 1.29 is 24.4 Å². The molecule has 1 aromatic rings. The second kappa shape index (κ2) is 13.4. The molecule has 30 heavy (non-hydrogen) atoms. The van der Waals surface area contributed by atoms with E-state index in [1.54, 1.807) is 0 Å². The fraction of sp³-hybridized carbons (Fsp3) is 0.684. The zero-order valence-electron chi connectivity index (χ0n) is 18.2. The largest absolute Gasteiger partial charge is 0.863 e. The Bertz CT molecular complexity index is 668. The Morgan fingerprint density at radius 2 is 1.07 bits per heavy atom. The summed E-state index contributed by atoms with van der Waals surface area (Å²) in [4.78, 5) is 27.5. The third kappa shape index (κ3) is 9.12. The first-order valence-electron chi connectivity index (χ1n) is 10.1. The van der Waals surface area contributed by atoms with Crippen LogP contribution in [-0.2, 0) is 0 Å². The van der Waals surface area contributed by atoms with Crippen LogP contribution in [-0.4, -0.2) is 45.9 Å². The number of nitrogens with zero attached hydrogens (tertiary/aromatic N) is 4. The molecule has 11 nitrogen and oxygen atoms in total. The van der Waals surface area contributed by atoms with E-state index in [0.717, 1.165) is 0 Å². The van der Waals surface area contributed by atoms with E-state index in [9.17, 15) is 35.4 Å². The van der Waals surface area contributed by atoms with Gasteiger partial charge in [-0.2, -0.15) is 0 Å². The van der Waals surface area contributed by atoms with E-state index >= 15 is 0 Å². The first-order valence-corrected chi connectivity index (χ1v) is 10.1. The first-order chi connectivity index (χ1) is 14.0. The van der Waals surface area contributed by atoms with Gasteiger partial charge in [-0.25, -0.2) is 0 Å². The number of non-ortho nitro benzene ring substituents is 1. The number of hydrogen-bond acceptors (Lipinski definition) is 7. The van der Waals surface area contributed by atoms with Crippen molar-refractivity contribution in [2.24, 2.45) is 0 Å². The Morgan fingerprint density at radius 1 is 0.733 bits per heavy atom. The van der Waals surface area contributed by atoms with Crippen LogP contribution in [0, 0.1) is 30.3 Å². The number of hydrogen-bond donors (Lipinski definition) is 0. The Kier molecular flexibility index (Phi) is 12.2. The molecule has 0 amide bonds. The van der Waals surface area contributed by atoms with Gasteiger partial charge in [0.1, 0.15) is 0 Å². The van der Waals surface area contributed by atoms with Gasteiger partial charge in [-0.3, -0.25) is 30.3 Å². The zero-order valence-corrected chi connectivity index (χ0v) is 18.2. The SMILES string of the molecule is CCCC[N+](C)(CCCC)CCCC.O=[N+]([O-])c1cc([N+](=O)[O-])c([O-])c([N+](=O)[O-])c1. The number of nitro benzene ring substituents is 3. The van der Waals surface area contributed by atoms with Gasteiger partial charge in [-0.05, 0) is 19.3 Å². The van der Waals surface area contributed by atoms with Crippen molar-refractivity contribution in [1.82, 2.24) is 0 Å². The van der Waals surface area contributed by atoms with Crippen molar-refractivity contribution in [3.8, 4) is 5.75 Å². The maximum Gasteiger partial charge on any atom is 0.283 e. The number of unbranched alkanes of at least 4 members (excludes halogenated alkanes) is 3. The summed E-state index contributed by atoms with van der Waals surface area (Å²) in [6.45, 7) is 11.0. The molecular weight excluding hydrogens is 396 g/mol. The maximum absolute atomic E-state index is 11.1. The Labute approximate surface area is 176 Å². The quantitative estimate of drug-likeness (QED) is 0.273. The molecule has 11 heteroatoms. The van der Waals surface area contributed by atoms with Crippen molar-refractivity contribution in [2.45, 2.75) is 59.3 Å². The monoisotopic (exact) mass is 428 g/mol. The number of rotatable bonds is 12. The minimum atomic E-state index is -1.46. The number of benzene rings is 1. The fourth-order valence-electron chi connectivity index (χ4n) is 2.92. The van der Waals surface area contributed by atoms with Crippen LogP contribution in [0.2, 0.25) is 0 Å². The highest BCUT2D eigenvalue weighted by molar-refractivity contribution is 5.63. The van der Waals surface area contributed by atoms with Crippen molar-refractivity contribution in [1.29, 1.82) is 0 Å². The molecule has 0 saturated heterocycles. The highest BCUT2D eigenvalue weighted by Gasteiger charge is 2.24. The summed E-state index contributed by atoms with van der Waals surface area (Å²) in [6, 6.07) is 0.769. The molecule has 0 atom stereocenters. The van der Waals surface area contributed by atoms with Crippen LogP contribution in [0.4, 0.5) is 17.1 Å². The van der Waals surface area contributed by atoms with Gasteiger partial charge in [-0.15, -0.1) is 0 Å². The van der Waals surface area contributed by atoms with Crippen molar-refractivity contribution in [3.05, 3.63) is 42.5 Å². The molecule has 0 radical (unpaired) electrons. The summed E-state index contributed by atoms with van der Waals surface area (Å²) >= 11 is 0. The number of quaternary nitrogens is 1. The lowest BCUT2D eigenvalue weighted by Crippen LogP contribution is -2.46. The highest BCUT2D eigenvalue weighted by Crippen LogP contribution is 2.36. The zero-order chi connectivity index (χ0) is 23.3. The van der Waals surface area contributed by atoms with Crippen LogP contribution in [0.15, 0.2) is 12.1 Å². The third-order valence-electron chi connectivity index (χ3n) is 4.79. The van der Waals surface area contributed by atoms with Gasteiger partial charge in [0.25, 0.3) is 17.1 Å². The smallest absolute Gasteiger partial charge is 0.283 e. The lowest BCUT2D eigenvalue weighted by Gasteiger charge is -2.34. The lowest BCUT2D eigenvalue weighted by atomic mass is 10.2. The molecular formula is C19H32N4O7. The van der Waals surface area contributed by atoms with Gasteiger partial charge in [-0.1, -0.05) is 40.0 Å². The van der Waals surface area contributed by atoms with E-state index in [2.05, 4.69) is 27.8 Å². The molecule has 1 aromatic carbocycles. The molecule has 0 aliphatic carbocycles. The predicted molar refractivity (Wildman–Crippen MR) is 111 cm³/mol. The lowest BCUT2D eigenvalue weighted by molar-refractivity contribution is -0.910. The predicted octanol–water partition coefficient (Wildman–Crippen LogP) is 4.32. The van der Waals surface area contributed by atoms with Crippen LogP contribution in [0.1, 0.15) is 59.3 Å². The van der Waals surface area contributed by atoms with E-state index in [1.807, 2.05) is 0 Å². The van der Waals surface area contributed by atoms with Crippen molar-refractivity contribution in [2.75, 3.05) is 26.7 Å². The minimum Gasteiger partial charge on any atom is -0.863 e. The van der Waals surface area contributed by atoms with E-state index < -0.39 is 37.6 Å². The molecule has 0 bridgehead atoms. The molecule has 0 N–H and O–H groups in total. The summed E-state index contributed by atoms with van der Waals surface area (Å²) in [7, 11) is 2.45. The average Bonchev–Trinajstić information content (AvgIpc) is 2.69. The number of nitro groups is 3. The Balaban J connectivity index is 0.000000567. The molecule has 0 aliphatic heterocycles. The summed E-state index contributed by atoms with van der Waals surface area (Å²) in [5.41, 5.74) is -3.26. The van der Waals surface area contributed by atoms with E-state index in [0.29, 0.717) is 12.1 Å². The second-order valence-electron chi connectivity index (χ2n) is 7.44. The van der Waals surface area contributed by atoms with Crippen LogP contribution in [0.3, 0.4) is 0 Å². The van der Waals surface area contributed by atoms with Gasteiger partial charge in [0.05, 0.1) is 59.3 Å². The van der Waals surface area contributed by atoms with E-state index in [1.165, 1.54) is 62.6 Å². The van der Waals surface area contributed by atoms with Crippen molar-refractivity contribution in [3.63, 3.8) is 0 Å². The molecule has 0 unspecified atom stereocenters. The molecule has 1 rings (SSSR count). The average molecular weight is 428 g/mol. The van der Waals surface area contributed by atoms with Gasteiger partial charge < -0.3 is 9.59 Å². The molecule has 0 fully saturated rings.